The molecule has 0 fully saturated rings. The van der Waals surface area contributed by atoms with Gasteiger partial charge in [-0.25, -0.2) is 0 Å². The molecular weight excluding hydrogens is 254 g/mol. The normalized spacial score (nSPS) is 11.6. The Labute approximate surface area is 122 Å². The fourth-order valence-corrected chi connectivity index (χ4v) is 1.70. The molecule has 1 aromatic carbocycles. The standard InChI is InChI=1S/C16H27NO3/c1-16(2,19-4)9-11-20-15-8-6-5-7-14(15)13-17-10-12-18-3/h5-8,17H,9-13H2,1-4H3. The second-order valence-electron chi connectivity index (χ2n) is 5.34. The summed E-state index contributed by atoms with van der Waals surface area (Å²) in [5, 5.41) is 3.33. The van der Waals surface area contributed by atoms with E-state index in [1.165, 1.54) is 5.56 Å². The second-order valence-corrected chi connectivity index (χ2v) is 5.34. The van der Waals surface area contributed by atoms with Gasteiger partial charge < -0.3 is 19.5 Å². The quantitative estimate of drug-likeness (QED) is 0.669. The average molecular weight is 281 g/mol. The van der Waals surface area contributed by atoms with Crippen LogP contribution in [-0.2, 0) is 16.0 Å². The lowest BCUT2D eigenvalue weighted by Crippen LogP contribution is -2.25. The zero-order chi connectivity index (χ0) is 14.8. The van der Waals surface area contributed by atoms with E-state index < -0.39 is 0 Å². The number of ether oxygens (including phenoxy) is 3. The van der Waals surface area contributed by atoms with Crippen LogP contribution in [0.5, 0.6) is 5.75 Å². The van der Waals surface area contributed by atoms with E-state index in [1.54, 1.807) is 14.2 Å². The van der Waals surface area contributed by atoms with Gasteiger partial charge in [0.2, 0.25) is 0 Å². The van der Waals surface area contributed by atoms with Crippen LogP contribution in [-0.4, -0.2) is 39.6 Å². The first-order valence-corrected chi connectivity index (χ1v) is 7.04. The first kappa shape index (κ1) is 17.0. The summed E-state index contributed by atoms with van der Waals surface area (Å²) >= 11 is 0. The van der Waals surface area contributed by atoms with Crippen LogP contribution in [0.1, 0.15) is 25.8 Å². The maximum Gasteiger partial charge on any atom is 0.123 e. The molecule has 114 valence electrons. The predicted octanol–water partition coefficient (Wildman–Crippen LogP) is 2.62. The van der Waals surface area contributed by atoms with E-state index in [-0.39, 0.29) is 5.60 Å². The molecule has 0 aliphatic rings. The first-order valence-electron chi connectivity index (χ1n) is 7.04. The summed E-state index contributed by atoms with van der Waals surface area (Å²) in [7, 11) is 3.43. The minimum absolute atomic E-state index is 0.147. The van der Waals surface area contributed by atoms with E-state index in [4.69, 9.17) is 14.2 Å². The lowest BCUT2D eigenvalue weighted by atomic mass is 10.1. The van der Waals surface area contributed by atoms with Crippen LogP contribution < -0.4 is 10.1 Å². The lowest BCUT2D eigenvalue weighted by molar-refractivity contribution is 0.00537. The minimum atomic E-state index is -0.147. The molecule has 1 N–H and O–H groups in total. The zero-order valence-corrected chi connectivity index (χ0v) is 13.1. The monoisotopic (exact) mass is 281 g/mol. The van der Waals surface area contributed by atoms with Gasteiger partial charge in [0.15, 0.2) is 0 Å². The van der Waals surface area contributed by atoms with E-state index in [0.717, 1.165) is 25.3 Å². The van der Waals surface area contributed by atoms with Gasteiger partial charge in [0.05, 0.1) is 18.8 Å². The van der Waals surface area contributed by atoms with Crippen molar-refractivity contribution in [2.45, 2.75) is 32.4 Å². The van der Waals surface area contributed by atoms with Gasteiger partial charge in [-0.15, -0.1) is 0 Å². The zero-order valence-electron chi connectivity index (χ0n) is 13.1. The maximum absolute atomic E-state index is 5.88. The van der Waals surface area contributed by atoms with Crippen LogP contribution >= 0.6 is 0 Å². The van der Waals surface area contributed by atoms with Gasteiger partial charge >= 0.3 is 0 Å². The van der Waals surface area contributed by atoms with Gasteiger partial charge in [0.25, 0.3) is 0 Å². The first-order chi connectivity index (χ1) is 9.59. The molecule has 0 spiro atoms. The van der Waals surface area contributed by atoms with Crippen LogP contribution in [0.2, 0.25) is 0 Å². The molecular formula is C16H27NO3. The summed E-state index contributed by atoms with van der Waals surface area (Å²) in [6.07, 6.45) is 0.856. The summed E-state index contributed by atoms with van der Waals surface area (Å²) in [4.78, 5) is 0. The smallest absolute Gasteiger partial charge is 0.123 e. The van der Waals surface area contributed by atoms with E-state index in [2.05, 4.69) is 25.2 Å². The SMILES string of the molecule is COCCNCc1ccccc1OCCC(C)(C)OC. The highest BCUT2D eigenvalue weighted by molar-refractivity contribution is 5.33. The molecule has 0 heterocycles. The van der Waals surface area contributed by atoms with Crippen LogP contribution in [0.25, 0.3) is 0 Å². The summed E-state index contributed by atoms with van der Waals surface area (Å²) in [5.41, 5.74) is 1.02. The molecule has 0 atom stereocenters. The Bertz CT molecular complexity index is 380. The summed E-state index contributed by atoms with van der Waals surface area (Å²) < 4.78 is 16.3. The van der Waals surface area contributed by atoms with Crippen molar-refractivity contribution < 1.29 is 14.2 Å². The van der Waals surface area contributed by atoms with Gasteiger partial charge in [0.1, 0.15) is 5.75 Å². The van der Waals surface area contributed by atoms with Crippen molar-refractivity contribution in [1.29, 1.82) is 0 Å². The van der Waals surface area contributed by atoms with Crippen LogP contribution in [0.15, 0.2) is 24.3 Å². The predicted molar refractivity (Wildman–Crippen MR) is 81.2 cm³/mol. The molecule has 0 saturated heterocycles. The third-order valence-corrected chi connectivity index (χ3v) is 3.29. The van der Waals surface area contributed by atoms with Crippen molar-refractivity contribution in [3.05, 3.63) is 29.8 Å². The number of hydrogen-bond donors (Lipinski definition) is 1. The van der Waals surface area contributed by atoms with Gasteiger partial charge in [-0.1, -0.05) is 18.2 Å². The van der Waals surface area contributed by atoms with Gasteiger partial charge in [-0.3, -0.25) is 0 Å². The number of para-hydroxylation sites is 1. The molecule has 1 rings (SSSR count). The highest BCUT2D eigenvalue weighted by Gasteiger charge is 2.16. The van der Waals surface area contributed by atoms with E-state index in [9.17, 15) is 0 Å². The highest BCUT2D eigenvalue weighted by atomic mass is 16.5. The molecule has 4 nitrogen and oxygen atoms in total. The molecule has 0 unspecified atom stereocenters. The Kier molecular flexibility index (Phi) is 7.59. The molecule has 0 aromatic heterocycles. The molecule has 0 aliphatic carbocycles. The molecule has 20 heavy (non-hydrogen) atoms. The van der Waals surface area contributed by atoms with Crippen molar-refractivity contribution in [3.8, 4) is 5.75 Å². The summed E-state index contributed by atoms with van der Waals surface area (Å²) in [6.45, 7) is 7.11. The van der Waals surface area contributed by atoms with E-state index >= 15 is 0 Å². The topological polar surface area (TPSA) is 39.7 Å². The lowest BCUT2D eigenvalue weighted by Gasteiger charge is -2.23. The summed E-state index contributed by atoms with van der Waals surface area (Å²) in [5.74, 6) is 0.935. The number of methoxy groups -OCH3 is 2. The van der Waals surface area contributed by atoms with Crippen LogP contribution in [0, 0.1) is 0 Å². The van der Waals surface area contributed by atoms with Crippen molar-refractivity contribution >= 4 is 0 Å². The molecule has 0 radical (unpaired) electrons. The molecule has 1 aromatic rings. The molecule has 0 saturated carbocycles. The summed E-state index contributed by atoms with van der Waals surface area (Å²) in [6, 6.07) is 8.11. The van der Waals surface area contributed by atoms with Gasteiger partial charge in [-0.05, 0) is 19.9 Å². The van der Waals surface area contributed by atoms with Crippen LogP contribution in [0.3, 0.4) is 0 Å². The fourth-order valence-electron chi connectivity index (χ4n) is 1.70. The Morgan fingerprint density at radius 2 is 1.85 bits per heavy atom. The minimum Gasteiger partial charge on any atom is -0.493 e. The second kappa shape index (κ2) is 8.95. The number of rotatable bonds is 10. The molecule has 0 aliphatic heterocycles. The molecule has 0 amide bonds. The maximum atomic E-state index is 5.88. The third kappa shape index (κ3) is 6.37. The largest absolute Gasteiger partial charge is 0.493 e. The highest BCUT2D eigenvalue weighted by Crippen LogP contribution is 2.20. The Morgan fingerprint density at radius 3 is 2.55 bits per heavy atom. The number of nitrogens with one attached hydrogen (secondary N) is 1. The molecule has 0 bridgehead atoms. The molecule has 4 heteroatoms. The Morgan fingerprint density at radius 1 is 1.10 bits per heavy atom. The van der Waals surface area contributed by atoms with Gasteiger partial charge in [-0.2, -0.15) is 0 Å². The Hall–Kier alpha value is -1.10. The Balaban J connectivity index is 2.44. The van der Waals surface area contributed by atoms with Crippen molar-refractivity contribution in [3.63, 3.8) is 0 Å². The van der Waals surface area contributed by atoms with Crippen molar-refractivity contribution in [1.82, 2.24) is 5.32 Å². The number of benzene rings is 1. The van der Waals surface area contributed by atoms with Gasteiger partial charge in [0, 0.05) is 39.3 Å². The third-order valence-electron chi connectivity index (χ3n) is 3.29. The van der Waals surface area contributed by atoms with E-state index in [0.29, 0.717) is 13.2 Å². The van der Waals surface area contributed by atoms with Crippen molar-refractivity contribution in [2.24, 2.45) is 0 Å². The van der Waals surface area contributed by atoms with Crippen LogP contribution in [0.4, 0.5) is 0 Å². The van der Waals surface area contributed by atoms with E-state index in [1.807, 2.05) is 18.2 Å². The number of hydrogen-bond acceptors (Lipinski definition) is 4. The fraction of sp³-hybridized carbons (Fsp3) is 0.625. The average Bonchev–Trinajstić information content (AvgIpc) is 2.45. The van der Waals surface area contributed by atoms with Crippen molar-refractivity contribution in [2.75, 3.05) is 34.0 Å².